The third-order valence-electron chi connectivity index (χ3n) is 2.86. The van der Waals surface area contributed by atoms with Crippen LogP contribution < -0.4 is 5.32 Å². The molecule has 1 aromatic rings. The second-order valence-electron chi connectivity index (χ2n) is 4.28. The molecule has 1 aliphatic heterocycles. The van der Waals surface area contributed by atoms with E-state index in [1.165, 1.54) is 0 Å². The van der Waals surface area contributed by atoms with Crippen molar-refractivity contribution in [2.45, 2.75) is 13.3 Å². The molecular formula is C12H19N3O2S. The van der Waals surface area contributed by atoms with Crippen molar-refractivity contribution in [1.82, 2.24) is 15.2 Å². The number of aryl methyl sites for hydroxylation is 1. The van der Waals surface area contributed by atoms with Crippen LogP contribution in [0.2, 0.25) is 0 Å². The lowest BCUT2D eigenvalue weighted by molar-refractivity contribution is -0.134. The lowest BCUT2D eigenvalue weighted by Crippen LogP contribution is -2.44. The zero-order valence-corrected chi connectivity index (χ0v) is 11.5. The van der Waals surface area contributed by atoms with Crippen LogP contribution in [0.1, 0.15) is 10.7 Å². The largest absolute Gasteiger partial charge is 0.378 e. The van der Waals surface area contributed by atoms with Crippen molar-refractivity contribution in [3.05, 3.63) is 16.1 Å². The molecule has 100 valence electrons. The number of morpholine rings is 1. The number of carbonyl (C=O) groups is 1. The van der Waals surface area contributed by atoms with Gasteiger partial charge in [-0.2, -0.15) is 0 Å². The van der Waals surface area contributed by atoms with Crippen LogP contribution in [-0.4, -0.2) is 55.2 Å². The van der Waals surface area contributed by atoms with Gasteiger partial charge in [0.25, 0.3) is 0 Å². The maximum atomic E-state index is 11.8. The molecule has 1 aliphatic rings. The van der Waals surface area contributed by atoms with Gasteiger partial charge in [0.05, 0.1) is 30.5 Å². The van der Waals surface area contributed by atoms with Crippen molar-refractivity contribution in [2.24, 2.45) is 0 Å². The van der Waals surface area contributed by atoms with Crippen LogP contribution in [0, 0.1) is 6.92 Å². The van der Waals surface area contributed by atoms with E-state index < -0.39 is 0 Å². The van der Waals surface area contributed by atoms with Crippen LogP contribution in [-0.2, 0) is 16.0 Å². The fourth-order valence-electron chi connectivity index (χ4n) is 1.86. The number of rotatable bonds is 5. The first-order chi connectivity index (χ1) is 8.75. The van der Waals surface area contributed by atoms with E-state index in [-0.39, 0.29) is 5.91 Å². The Morgan fingerprint density at radius 3 is 3.00 bits per heavy atom. The number of thiazole rings is 1. The molecule has 6 heteroatoms. The summed E-state index contributed by atoms with van der Waals surface area (Å²) in [5.74, 6) is 0.160. The number of nitrogens with zero attached hydrogens (tertiary/aromatic N) is 2. The number of nitrogens with one attached hydrogen (secondary N) is 1. The number of hydrogen-bond donors (Lipinski definition) is 1. The van der Waals surface area contributed by atoms with E-state index in [9.17, 15) is 4.79 Å². The summed E-state index contributed by atoms with van der Waals surface area (Å²) in [6.07, 6.45) is 0.876. The predicted molar refractivity (Wildman–Crippen MR) is 70.8 cm³/mol. The lowest BCUT2D eigenvalue weighted by Gasteiger charge is -2.26. The van der Waals surface area contributed by atoms with Gasteiger partial charge >= 0.3 is 0 Å². The van der Waals surface area contributed by atoms with Gasteiger partial charge in [0, 0.05) is 31.4 Å². The molecular weight excluding hydrogens is 250 g/mol. The van der Waals surface area contributed by atoms with E-state index >= 15 is 0 Å². The van der Waals surface area contributed by atoms with E-state index in [2.05, 4.69) is 15.7 Å². The fourth-order valence-corrected chi connectivity index (χ4v) is 2.51. The first kappa shape index (κ1) is 13.5. The monoisotopic (exact) mass is 269 g/mol. The topological polar surface area (TPSA) is 54.5 Å². The summed E-state index contributed by atoms with van der Waals surface area (Å²) in [5, 5.41) is 6.34. The standard InChI is InChI=1S/C12H19N3O2S/c1-10-14-11(9-18-10)2-3-13-8-12(16)15-4-6-17-7-5-15/h9,13H,2-8H2,1H3. The minimum atomic E-state index is 0.160. The first-order valence-corrected chi connectivity index (χ1v) is 7.11. The van der Waals surface area contributed by atoms with Crippen molar-refractivity contribution in [3.8, 4) is 0 Å². The lowest BCUT2D eigenvalue weighted by atomic mass is 10.3. The van der Waals surface area contributed by atoms with Gasteiger partial charge in [-0.1, -0.05) is 0 Å². The molecule has 0 atom stereocenters. The van der Waals surface area contributed by atoms with Crippen LogP contribution in [0.4, 0.5) is 0 Å². The Balaban J connectivity index is 1.61. The summed E-state index contributed by atoms with van der Waals surface area (Å²) < 4.78 is 5.21. The first-order valence-electron chi connectivity index (χ1n) is 6.23. The Hall–Kier alpha value is -0.980. The fraction of sp³-hybridized carbons (Fsp3) is 0.667. The smallest absolute Gasteiger partial charge is 0.236 e. The summed E-state index contributed by atoms with van der Waals surface area (Å²) >= 11 is 1.66. The van der Waals surface area contributed by atoms with Gasteiger partial charge in [-0.15, -0.1) is 11.3 Å². The van der Waals surface area contributed by atoms with Crippen molar-refractivity contribution >= 4 is 17.2 Å². The Labute approximate surface area is 111 Å². The second-order valence-corrected chi connectivity index (χ2v) is 5.34. The van der Waals surface area contributed by atoms with Crippen molar-refractivity contribution in [3.63, 3.8) is 0 Å². The van der Waals surface area contributed by atoms with Crippen molar-refractivity contribution in [1.29, 1.82) is 0 Å². The molecule has 2 rings (SSSR count). The summed E-state index contributed by atoms with van der Waals surface area (Å²) in [5.41, 5.74) is 1.10. The SMILES string of the molecule is Cc1nc(CCNCC(=O)N2CCOCC2)cs1. The van der Waals surface area contributed by atoms with Crippen LogP contribution in [0.15, 0.2) is 5.38 Å². The molecule has 2 heterocycles. The van der Waals surface area contributed by atoms with Gasteiger partial charge in [0.2, 0.25) is 5.91 Å². The van der Waals surface area contributed by atoms with E-state index in [0.717, 1.165) is 23.7 Å². The Bertz CT molecular complexity index is 388. The minimum Gasteiger partial charge on any atom is -0.378 e. The molecule has 1 saturated heterocycles. The molecule has 0 radical (unpaired) electrons. The average Bonchev–Trinajstić information content (AvgIpc) is 2.81. The average molecular weight is 269 g/mol. The van der Waals surface area contributed by atoms with E-state index in [4.69, 9.17) is 4.74 Å². The molecule has 0 aliphatic carbocycles. The summed E-state index contributed by atoms with van der Waals surface area (Å²) in [6.45, 7) is 5.94. The van der Waals surface area contributed by atoms with Gasteiger partial charge in [-0.05, 0) is 6.92 Å². The molecule has 0 bridgehead atoms. The molecule has 5 nitrogen and oxygen atoms in total. The van der Waals surface area contributed by atoms with Crippen molar-refractivity contribution in [2.75, 3.05) is 39.4 Å². The third-order valence-corrected chi connectivity index (χ3v) is 3.69. The van der Waals surface area contributed by atoms with E-state index in [0.29, 0.717) is 32.8 Å². The van der Waals surface area contributed by atoms with Crippen LogP contribution in [0.25, 0.3) is 0 Å². The quantitative estimate of drug-likeness (QED) is 0.788. The highest BCUT2D eigenvalue weighted by atomic mass is 32.1. The van der Waals surface area contributed by atoms with E-state index in [1.54, 1.807) is 11.3 Å². The maximum Gasteiger partial charge on any atom is 0.236 e. The molecule has 1 N–H and O–H groups in total. The molecule has 0 aromatic carbocycles. The second kappa shape index (κ2) is 6.82. The van der Waals surface area contributed by atoms with Crippen LogP contribution in [0.3, 0.4) is 0 Å². The highest BCUT2D eigenvalue weighted by Gasteiger charge is 2.15. The van der Waals surface area contributed by atoms with E-state index in [1.807, 2.05) is 11.8 Å². The number of carbonyl (C=O) groups excluding carboxylic acids is 1. The Kier molecular flexibility index (Phi) is 5.10. The summed E-state index contributed by atoms with van der Waals surface area (Å²) in [4.78, 5) is 18.0. The molecule has 0 saturated carbocycles. The highest BCUT2D eigenvalue weighted by Crippen LogP contribution is 2.07. The molecule has 0 spiro atoms. The Morgan fingerprint density at radius 1 is 1.56 bits per heavy atom. The van der Waals surface area contributed by atoms with Gasteiger partial charge < -0.3 is 15.0 Å². The third kappa shape index (κ3) is 4.04. The highest BCUT2D eigenvalue weighted by molar-refractivity contribution is 7.09. The van der Waals surface area contributed by atoms with Crippen molar-refractivity contribution < 1.29 is 9.53 Å². The zero-order chi connectivity index (χ0) is 12.8. The number of aromatic nitrogens is 1. The van der Waals surface area contributed by atoms with Crippen LogP contribution >= 0.6 is 11.3 Å². The molecule has 0 unspecified atom stereocenters. The normalized spacial score (nSPS) is 15.9. The molecule has 18 heavy (non-hydrogen) atoms. The number of amides is 1. The maximum absolute atomic E-state index is 11.8. The van der Waals surface area contributed by atoms with Crippen LogP contribution in [0.5, 0.6) is 0 Å². The minimum absolute atomic E-state index is 0.160. The molecule has 1 aromatic heterocycles. The molecule has 1 fully saturated rings. The van der Waals surface area contributed by atoms with Gasteiger partial charge in [0.15, 0.2) is 0 Å². The zero-order valence-electron chi connectivity index (χ0n) is 10.6. The van der Waals surface area contributed by atoms with Gasteiger partial charge in [0.1, 0.15) is 0 Å². The Morgan fingerprint density at radius 2 is 2.33 bits per heavy atom. The predicted octanol–water partition coefficient (Wildman–Crippen LogP) is 0.442. The summed E-state index contributed by atoms with van der Waals surface area (Å²) in [6, 6.07) is 0. The van der Waals surface area contributed by atoms with Gasteiger partial charge in [-0.3, -0.25) is 4.79 Å². The number of hydrogen-bond acceptors (Lipinski definition) is 5. The number of ether oxygens (including phenoxy) is 1. The van der Waals surface area contributed by atoms with Gasteiger partial charge in [-0.25, -0.2) is 4.98 Å². The molecule has 1 amide bonds. The summed E-state index contributed by atoms with van der Waals surface area (Å²) in [7, 11) is 0.